The van der Waals surface area contributed by atoms with E-state index in [9.17, 15) is 18.3 Å². The second-order valence-corrected chi connectivity index (χ2v) is 13.9. The largest absolute Gasteiger partial charge is 0.481 e. The van der Waals surface area contributed by atoms with Gasteiger partial charge in [-0.2, -0.15) is 8.42 Å². The molecule has 2 N–H and O–H groups in total. The average molecular weight is 619 g/mol. The summed E-state index contributed by atoms with van der Waals surface area (Å²) in [5.74, 6) is -0.209. The lowest BCUT2D eigenvalue weighted by Crippen LogP contribution is -2.42. The van der Waals surface area contributed by atoms with Gasteiger partial charge in [0.2, 0.25) is 0 Å². The Hall–Kier alpha value is -3.76. The van der Waals surface area contributed by atoms with Crippen LogP contribution in [0.3, 0.4) is 0 Å². The standard InChI is InChI=1S/C33H38N4O4S2/c1-3-20-33(2,32(38)39)23-37-21-9-5-4-6-12-24-13-7-8-14-25(24)31-26(27-15-11-22-42-27)18-19-28(34-31)36-43(40,41)30-17-10-16-29(37)35-30/h7-8,10-11,13-19,22H,3-6,9,12,20-21,23H2,1-2H3,(H,34,36)(H,38,39)/t33-/m1/s1. The van der Waals surface area contributed by atoms with Gasteiger partial charge in [-0.05, 0) is 73.9 Å². The number of hydrogen-bond acceptors (Lipinski definition) is 7. The van der Waals surface area contributed by atoms with Crippen molar-refractivity contribution in [1.29, 1.82) is 0 Å². The van der Waals surface area contributed by atoms with E-state index in [0.29, 0.717) is 18.8 Å². The van der Waals surface area contributed by atoms with Gasteiger partial charge >= 0.3 is 5.97 Å². The molecule has 1 atom stereocenters. The molecular weight excluding hydrogens is 581 g/mol. The predicted molar refractivity (Wildman–Crippen MR) is 173 cm³/mol. The lowest BCUT2D eigenvalue weighted by atomic mass is 9.85. The molecule has 0 unspecified atom stereocenters. The molecule has 3 aromatic heterocycles. The number of aryl methyl sites for hydroxylation is 1. The fourth-order valence-corrected chi connectivity index (χ4v) is 7.43. The van der Waals surface area contributed by atoms with Gasteiger partial charge in [0.05, 0.1) is 11.1 Å². The summed E-state index contributed by atoms with van der Waals surface area (Å²) >= 11 is 1.62. The van der Waals surface area contributed by atoms with Gasteiger partial charge in [-0.3, -0.25) is 9.52 Å². The van der Waals surface area contributed by atoms with Gasteiger partial charge in [-0.1, -0.05) is 62.6 Å². The van der Waals surface area contributed by atoms with Gasteiger partial charge in [-0.15, -0.1) is 11.3 Å². The number of rotatable bonds is 6. The number of nitrogens with one attached hydrogen (secondary N) is 1. The van der Waals surface area contributed by atoms with E-state index in [-0.39, 0.29) is 17.4 Å². The van der Waals surface area contributed by atoms with Crippen molar-refractivity contribution in [1.82, 2.24) is 9.97 Å². The summed E-state index contributed by atoms with van der Waals surface area (Å²) in [5, 5.41) is 12.0. The first-order valence-corrected chi connectivity index (χ1v) is 17.2. The first-order chi connectivity index (χ1) is 20.7. The van der Waals surface area contributed by atoms with Crippen molar-refractivity contribution >= 4 is 39.0 Å². The van der Waals surface area contributed by atoms with Crippen LogP contribution in [0.25, 0.3) is 21.7 Å². The van der Waals surface area contributed by atoms with E-state index in [0.717, 1.165) is 60.2 Å². The van der Waals surface area contributed by atoms with E-state index in [1.807, 2.05) is 47.5 Å². The van der Waals surface area contributed by atoms with Gasteiger partial charge in [0, 0.05) is 29.1 Å². The topological polar surface area (TPSA) is 112 Å². The van der Waals surface area contributed by atoms with Gasteiger partial charge in [-0.25, -0.2) is 9.97 Å². The maximum atomic E-state index is 13.7. The second-order valence-electron chi connectivity index (χ2n) is 11.4. The summed E-state index contributed by atoms with van der Waals surface area (Å²) in [6.07, 6.45) is 5.92. The lowest BCUT2D eigenvalue weighted by molar-refractivity contribution is -0.147. The summed E-state index contributed by atoms with van der Waals surface area (Å²) in [6.45, 7) is 4.55. The van der Waals surface area contributed by atoms with Crippen molar-refractivity contribution in [3.05, 3.63) is 77.7 Å². The van der Waals surface area contributed by atoms with E-state index < -0.39 is 21.4 Å². The van der Waals surface area contributed by atoms with Crippen molar-refractivity contribution in [2.75, 3.05) is 22.7 Å². The quantitative estimate of drug-likeness (QED) is 0.230. The normalized spacial score (nSPS) is 16.7. The highest BCUT2D eigenvalue weighted by molar-refractivity contribution is 7.92. The summed E-state index contributed by atoms with van der Waals surface area (Å²) in [5.41, 5.74) is 2.86. The Morgan fingerprint density at radius 3 is 2.56 bits per heavy atom. The number of thiophene rings is 1. The van der Waals surface area contributed by atoms with Crippen LogP contribution in [-0.4, -0.2) is 42.6 Å². The van der Waals surface area contributed by atoms with E-state index in [2.05, 4.69) is 21.8 Å². The van der Waals surface area contributed by atoms with Crippen LogP contribution in [0, 0.1) is 5.41 Å². The number of carboxylic acids is 1. The fraction of sp³-hybridized carbons (Fsp3) is 0.364. The molecular formula is C33H38N4O4S2. The van der Waals surface area contributed by atoms with Gasteiger partial charge in [0.15, 0.2) is 5.03 Å². The maximum absolute atomic E-state index is 13.7. The molecule has 4 aromatic rings. The summed E-state index contributed by atoms with van der Waals surface area (Å²) < 4.78 is 30.0. The van der Waals surface area contributed by atoms with Crippen LogP contribution in [0.5, 0.6) is 0 Å². The molecule has 10 heteroatoms. The molecule has 4 heterocycles. The molecule has 5 rings (SSSR count). The molecule has 0 spiro atoms. The number of fused-ring (bicyclic) bond motifs is 6. The Morgan fingerprint density at radius 2 is 1.79 bits per heavy atom. The number of benzene rings is 1. The number of pyridine rings is 2. The number of anilines is 2. The summed E-state index contributed by atoms with van der Waals surface area (Å²) in [7, 11) is -4.09. The van der Waals surface area contributed by atoms with Crippen LogP contribution in [-0.2, 0) is 21.2 Å². The monoisotopic (exact) mass is 618 g/mol. The number of sulfonamides is 1. The van der Waals surface area contributed by atoms with Crippen LogP contribution < -0.4 is 9.62 Å². The molecule has 1 aliphatic rings. The van der Waals surface area contributed by atoms with Crippen molar-refractivity contribution in [3.63, 3.8) is 0 Å². The molecule has 0 amide bonds. The van der Waals surface area contributed by atoms with E-state index in [1.165, 1.54) is 11.6 Å². The first-order valence-electron chi connectivity index (χ1n) is 14.8. The Morgan fingerprint density at radius 1 is 0.977 bits per heavy atom. The highest BCUT2D eigenvalue weighted by Crippen LogP contribution is 2.37. The van der Waals surface area contributed by atoms with E-state index in [4.69, 9.17) is 4.98 Å². The van der Waals surface area contributed by atoms with Gasteiger partial charge < -0.3 is 10.0 Å². The van der Waals surface area contributed by atoms with Crippen molar-refractivity contribution in [3.8, 4) is 21.7 Å². The zero-order chi connectivity index (χ0) is 30.5. The minimum Gasteiger partial charge on any atom is -0.481 e. The van der Waals surface area contributed by atoms with Gasteiger partial charge in [0.25, 0.3) is 10.0 Å². The zero-order valence-corrected chi connectivity index (χ0v) is 26.3. The number of carbonyl (C=O) groups is 1. The fourth-order valence-electron chi connectivity index (χ4n) is 5.71. The Bertz CT molecular complexity index is 1670. The molecule has 0 saturated heterocycles. The lowest BCUT2D eigenvalue weighted by Gasteiger charge is -2.33. The van der Waals surface area contributed by atoms with Crippen LogP contribution in [0.15, 0.2) is 77.1 Å². The molecule has 0 radical (unpaired) electrons. The Labute approximate surface area is 257 Å². The molecule has 0 aliphatic carbocycles. The third-order valence-electron chi connectivity index (χ3n) is 7.98. The smallest absolute Gasteiger partial charge is 0.311 e. The molecule has 8 nitrogen and oxygen atoms in total. The Balaban J connectivity index is 1.58. The second kappa shape index (κ2) is 13.3. The third-order valence-corrected chi connectivity index (χ3v) is 10.1. The molecule has 43 heavy (non-hydrogen) atoms. The Kier molecular flexibility index (Phi) is 9.46. The number of aliphatic carboxylic acids is 1. The molecule has 0 fully saturated rings. The number of nitrogens with zero attached hydrogens (tertiary/aromatic N) is 3. The molecule has 4 bridgehead atoms. The first kappa shape index (κ1) is 30.7. The molecule has 1 aromatic carbocycles. The van der Waals surface area contributed by atoms with Crippen molar-refractivity contribution in [2.24, 2.45) is 5.41 Å². The van der Waals surface area contributed by atoms with Crippen molar-refractivity contribution in [2.45, 2.75) is 63.8 Å². The van der Waals surface area contributed by atoms with E-state index in [1.54, 1.807) is 36.5 Å². The zero-order valence-electron chi connectivity index (χ0n) is 24.6. The molecule has 0 saturated carbocycles. The molecule has 226 valence electrons. The number of carboxylic acid groups (broad SMARTS) is 1. The maximum Gasteiger partial charge on any atom is 0.311 e. The van der Waals surface area contributed by atoms with Crippen LogP contribution in [0.1, 0.15) is 57.9 Å². The van der Waals surface area contributed by atoms with Gasteiger partial charge in [0.1, 0.15) is 11.6 Å². The highest BCUT2D eigenvalue weighted by atomic mass is 32.2. The highest BCUT2D eigenvalue weighted by Gasteiger charge is 2.35. The summed E-state index contributed by atoms with van der Waals surface area (Å²) in [4.78, 5) is 24.7. The third kappa shape index (κ3) is 7.08. The molecule has 1 aliphatic heterocycles. The van der Waals surface area contributed by atoms with Crippen LogP contribution in [0.4, 0.5) is 11.6 Å². The predicted octanol–water partition coefficient (Wildman–Crippen LogP) is 7.49. The minimum atomic E-state index is -4.09. The SMILES string of the molecule is CCC[C@](C)(CN1CCCCCCc2ccccc2-c2nc(ccc2-c2cccs2)NS(=O)(=O)c2cccc1n2)C(=O)O. The number of aromatic nitrogens is 2. The average Bonchev–Trinajstić information content (AvgIpc) is 3.53. The van der Waals surface area contributed by atoms with E-state index >= 15 is 0 Å². The minimum absolute atomic E-state index is 0.141. The van der Waals surface area contributed by atoms with Crippen LogP contribution >= 0.6 is 11.3 Å². The van der Waals surface area contributed by atoms with Crippen LogP contribution in [0.2, 0.25) is 0 Å². The van der Waals surface area contributed by atoms with Crippen molar-refractivity contribution < 1.29 is 18.3 Å². The number of hydrogen-bond donors (Lipinski definition) is 2. The summed E-state index contributed by atoms with van der Waals surface area (Å²) in [6, 6.07) is 20.7.